The van der Waals surface area contributed by atoms with E-state index in [-0.39, 0.29) is 5.75 Å². The lowest BCUT2D eigenvalue weighted by Gasteiger charge is -2.07. The second-order valence-corrected chi connectivity index (χ2v) is 3.73. The molecule has 2 rings (SSSR count). The number of rotatable bonds is 3. The molecule has 0 aliphatic heterocycles. The zero-order chi connectivity index (χ0) is 13.8. The molecule has 19 heavy (non-hydrogen) atoms. The molecule has 0 fully saturated rings. The number of nitrogens with two attached hydrogens (primary N) is 2. The number of carbonyl (C=O) groups is 1. The fraction of sp³-hybridized carbons (Fsp3) is 0. The molecular formula is C12H12N4O3. The molecule has 0 aliphatic rings. The fourth-order valence-corrected chi connectivity index (χ4v) is 1.72. The Bertz CT molecular complexity index is 655. The summed E-state index contributed by atoms with van der Waals surface area (Å²) in [5.41, 5.74) is 7.55. The summed E-state index contributed by atoms with van der Waals surface area (Å²) in [7, 11) is 0. The van der Waals surface area contributed by atoms with Crippen molar-refractivity contribution in [3.63, 3.8) is 0 Å². The number of hydrogen-bond acceptors (Lipinski definition) is 5. The van der Waals surface area contributed by atoms with E-state index in [9.17, 15) is 9.90 Å². The Hall–Kier alpha value is -2.80. The molecular weight excluding hydrogens is 248 g/mol. The third-order valence-electron chi connectivity index (χ3n) is 2.50. The predicted molar refractivity (Wildman–Crippen MR) is 70.7 cm³/mol. The topological polar surface area (TPSA) is 123 Å². The molecule has 0 heterocycles. The van der Waals surface area contributed by atoms with Crippen molar-refractivity contribution >= 4 is 23.0 Å². The number of amides is 2. The van der Waals surface area contributed by atoms with Crippen LogP contribution in [0.4, 0.5) is 4.79 Å². The van der Waals surface area contributed by atoms with Gasteiger partial charge in [-0.2, -0.15) is 11.0 Å². The highest BCUT2D eigenvalue weighted by atomic mass is 16.6. The quantitative estimate of drug-likeness (QED) is 0.481. The van der Waals surface area contributed by atoms with Crippen molar-refractivity contribution in [2.45, 2.75) is 0 Å². The summed E-state index contributed by atoms with van der Waals surface area (Å²) in [6, 6.07) is 7.42. The number of carbonyl (C=O) groups excluding carboxylic acids is 1. The summed E-state index contributed by atoms with van der Waals surface area (Å²) in [6.45, 7) is 0. The van der Waals surface area contributed by atoms with E-state index >= 15 is 0 Å². The van der Waals surface area contributed by atoms with Crippen LogP contribution in [-0.4, -0.2) is 17.4 Å². The van der Waals surface area contributed by atoms with Crippen molar-refractivity contribution in [2.75, 3.05) is 0 Å². The molecule has 0 unspecified atom stereocenters. The molecule has 2 aromatic rings. The molecule has 0 bridgehead atoms. The lowest BCUT2D eigenvalue weighted by molar-refractivity contribution is 0.249. The SMILES string of the molecule is NOc1ccc2cc(O)ccc2c1/C=N/NC(N)=O. The molecule has 6 N–H and O–H groups in total. The first-order valence-electron chi connectivity index (χ1n) is 5.33. The van der Waals surface area contributed by atoms with E-state index in [4.69, 9.17) is 16.5 Å². The second-order valence-electron chi connectivity index (χ2n) is 3.73. The molecule has 98 valence electrons. The number of nitrogens with one attached hydrogen (secondary N) is 1. The van der Waals surface area contributed by atoms with Crippen molar-refractivity contribution in [1.82, 2.24) is 5.43 Å². The summed E-state index contributed by atoms with van der Waals surface area (Å²) in [4.78, 5) is 15.3. The van der Waals surface area contributed by atoms with Gasteiger partial charge in [-0.25, -0.2) is 10.2 Å². The van der Waals surface area contributed by atoms with E-state index in [1.165, 1.54) is 12.3 Å². The third kappa shape index (κ3) is 2.72. The first-order valence-corrected chi connectivity index (χ1v) is 5.33. The summed E-state index contributed by atoms with van der Waals surface area (Å²) in [5, 5.41) is 14.6. The van der Waals surface area contributed by atoms with Crippen LogP contribution in [0, 0.1) is 0 Å². The highest BCUT2D eigenvalue weighted by Gasteiger charge is 2.07. The summed E-state index contributed by atoms with van der Waals surface area (Å²) in [6.07, 6.45) is 1.37. The van der Waals surface area contributed by atoms with Crippen LogP contribution in [0.1, 0.15) is 5.56 Å². The van der Waals surface area contributed by atoms with Gasteiger partial charge < -0.3 is 15.7 Å². The molecule has 0 aromatic heterocycles. The van der Waals surface area contributed by atoms with Crippen molar-refractivity contribution in [2.24, 2.45) is 16.7 Å². The number of primary amides is 1. The lowest BCUT2D eigenvalue weighted by Crippen LogP contribution is -2.24. The summed E-state index contributed by atoms with van der Waals surface area (Å²) in [5.74, 6) is 5.71. The normalized spacial score (nSPS) is 10.8. The van der Waals surface area contributed by atoms with E-state index in [0.717, 1.165) is 10.8 Å². The van der Waals surface area contributed by atoms with Crippen LogP contribution in [0.25, 0.3) is 10.8 Å². The zero-order valence-electron chi connectivity index (χ0n) is 9.83. The maximum absolute atomic E-state index is 10.6. The largest absolute Gasteiger partial charge is 0.508 e. The Morgan fingerprint density at radius 1 is 1.37 bits per heavy atom. The Morgan fingerprint density at radius 3 is 2.84 bits per heavy atom. The van der Waals surface area contributed by atoms with Crippen LogP contribution in [0.15, 0.2) is 35.4 Å². The van der Waals surface area contributed by atoms with Crippen molar-refractivity contribution in [3.05, 3.63) is 35.9 Å². The number of urea groups is 1. The second kappa shape index (κ2) is 5.23. The smallest absolute Gasteiger partial charge is 0.332 e. The molecule has 0 aliphatic carbocycles. The molecule has 0 atom stereocenters. The highest BCUT2D eigenvalue weighted by molar-refractivity contribution is 6.03. The molecule has 0 radical (unpaired) electrons. The van der Waals surface area contributed by atoms with Crippen molar-refractivity contribution < 1.29 is 14.7 Å². The van der Waals surface area contributed by atoms with Gasteiger partial charge in [0.25, 0.3) is 0 Å². The van der Waals surface area contributed by atoms with Crippen LogP contribution >= 0.6 is 0 Å². The lowest BCUT2D eigenvalue weighted by atomic mass is 10.0. The summed E-state index contributed by atoms with van der Waals surface area (Å²) < 4.78 is 0. The van der Waals surface area contributed by atoms with Gasteiger partial charge in [-0.05, 0) is 35.0 Å². The standard InChI is InChI=1S/C12H12N4O3/c13-12(18)16-15-6-10-9-3-2-8(17)5-7(9)1-4-11(10)19-14/h1-6,17H,14H2,(H3,13,16,18)/b15-6+. The number of aromatic hydroxyl groups is 1. The first kappa shape index (κ1) is 12.7. The number of nitrogens with zero attached hydrogens (tertiary/aromatic N) is 1. The van der Waals surface area contributed by atoms with Gasteiger partial charge >= 0.3 is 6.03 Å². The van der Waals surface area contributed by atoms with E-state index in [1.54, 1.807) is 24.3 Å². The Labute approximate surface area is 108 Å². The third-order valence-corrected chi connectivity index (χ3v) is 2.50. The minimum Gasteiger partial charge on any atom is -0.508 e. The number of phenols is 1. The van der Waals surface area contributed by atoms with Crippen LogP contribution in [-0.2, 0) is 0 Å². The molecule has 2 aromatic carbocycles. The predicted octanol–water partition coefficient (Wildman–Crippen LogP) is 0.800. The highest BCUT2D eigenvalue weighted by Crippen LogP contribution is 2.28. The van der Waals surface area contributed by atoms with Gasteiger partial charge in [-0.15, -0.1) is 0 Å². The van der Waals surface area contributed by atoms with Gasteiger partial charge in [0.15, 0.2) is 5.75 Å². The van der Waals surface area contributed by atoms with Crippen LogP contribution in [0.5, 0.6) is 11.5 Å². The first-order chi connectivity index (χ1) is 9.11. The van der Waals surface area contributed by atoms with E-state index in [1.807, 2.05) is 0 Å². The van der Waals surface area contributed by atoms with E-state index in [2.05, 4.69) is 10.5 Å². The molecule has 7 heteroatoms. The number of phenolic OH excluding ortho intramolecular Hbond substituents is 1. The van der Waals surface area contributed by atoms with Gasteiger partial charge in [0.2, 0.25) is 0 Å². The maximum Gasteiger partial charge on any atom is 0.332 e. The molecule has 0 saturated heterocycles. The van der Waals surface area contributed by atoms with Gasteiger partial charge in [-0.3, -0.25) is 0 Å². The number of fused-ring (bicyclic) bond motifs is 1. The number of hydrazone groups is 1. The Morgan fingerprint density at radius 2 is 2.16 bits per heavy atom. The molecule has 2 amide bonds. The molecule has 7 nitrogen and oxygen atoms in total. The van der Waals surface area contributed by atoms with E-state index < -0.39 is 6.03 Å². The van der Waals surface area contributed by atoms with Crippen molar-refractivity contribution in [3.8, 4) is 11.5 Å². The van der Waals surface area contributed by atoms with Gasteiger partial charge in [0.1, 0.15) is 5.75 Å². The van der Waals surface area contributed by atoms with E-state index in [0.29, 0.717) is 11.3 Å². The summed E-state index contributed by atoms with van der Waals surface area (Å²) >= 11 is 0. The van der Waals surface area contributed by atoms with Crippen LogP contribution < -0.4 is 21.9 Å². The van der Waals surface area contributed by atoms with Gasteiger partial charge in [0.05, 0.1) is 6.21 Å². The number of benzene rings is 2. The number of hydrogen-bond donors (Lipinski definition) is 4. The molecule has 0 saturated carbocycles. The Balaban J connectivity index is 2.54. The van der Waals surface area contributed by atoms with Gasteiger partial charge in [0, 0.05) is 5.56 Å². The van der Waals surface area contributed by atoms with Crippen LogP contribution in [0.3, 0.4) is 0 Å². The van der Waals surface area contributed by atoms with Gasteiger partial charge in [-0.1, -0.05) is 6.07 Å². The monoisotopic (exact) mass is 260 g/mol. The minimum atomic E-state index is -0.774. The van der Waals surface area contributed by atoms with Crippen molar-refractivity contribution in [1.29, 1.82) is 0 Å². The average molecular weight is 260 g/mol. The zero-order valence-corrected chi connectivity index (χ0v) is 9.83. The molecule has 0 spiro atoms. The fourth-order valence-electron chi connectivity index (χ4n) is 1.72. The average Bonchev–Trinajstić information content (AvgIpc) is 2.38. The van der Waals surface area contributed by atoms with Crippen LogP contribution in [0.2, 0.25) is 0 Å². The maximum atomic E-state index is 10.6. The minimum absolute atomic E-state index is 0.145. The Kier molecular flexibility index (Phi) is 3.48.